The highest BCUT2D eigenvalue weighted by atomic mass is 16.5. The minimum atomic E-state index is -0.351. The van der Waals surface area contributed by atoms with Crippen molar-refractivity contribution >= 4 is 11.7 Å². The molecule has 150 valence electrons. The third-order valence-electron chi connectivity index (χ3n) is 4.80. The first-order chi connectivity index (χ1) is 14.2. The molecule has 3 aromatic rings. The molecule has 1 aliphatic heterocycles. The van der Waals surface area contributed by atoms with Crippen LogP contribution in [0.5, 0.6) is 5.75 Å². The van der Waals surface area contributed by atoms with Crippen molar-refractivity contribution in [3.8, 4) is 5.75 Å². The minimum Gasteiger partial charge on any atom is -0.497 e. The Hall–Kier alpha value is -3.39. The highest BCUT2D eigenvalue weighted by Gasteiger charge is 2.30. The number of esters is 1. The Balaban J connectivity index is 1.48. The molecular weight excluding hydrogens is 372 g/mol. The zero-order valence-corrected chi connectivity index (χ0v) is 16.3. The molecule has 0 amide bonds. The van der Waals surface area contributed by atoms with E-state index in [-0.39, 0.29) is 12.2 Å². The molecule has 0 saturated carbocycles. The smallest absolute Gasteiger partial charge is 0.337 e. The van der Waals surface area contributed by atoms with Gasteiger partial charge in [0.15, 0.2) is 6.23 Å². The number of aromatic nitrogens is 3. The monoisotopic (exact) mass is 394 g/mol. The summed E-state index contributed by atoms with van der Waals surface area (Å²) in [5, 5.41) is 8.55. The van der Waals surface area contributed by atoms with Crippen LogP contribution in [0.1, 0.15) is 27.8 Å². The summed E-state index contributed by atoms with van der Waals surface area (Å²) < 4.78 is 17.7. The lowest BCUT2D eigenvalue weighted by Crippen LogP contribution is -2.23. The molecule has 8 heteroatoms. The highest BCUT2D eigenvalue weighted by Crippen LogP contribution is 2.32. The number of benzene rings is 2. The van der Waals surface area contributed by atoms with Gasteiger partial charge in [0.05, 0.1) is 39.1 Å². The second kappa shape index (κ2) is 8.32. The van der Waals surface area contributed by atoms with Crippen molar-refractivity contribution < 1.29 is 19.0 Å². The largest absolute Gasteiger partial charge is 0.497 e. The Morgan fingerprint density at radius 3 is 2.79 bits per heavy atom. The van der Waals surface area contributed by atoms with E-state index in [1.54, 1.807) is 23.9 Å². The van der Waals surface area contributed by atoms with Crippen molar-refractivity contribution in [2.24, 2.45) is 0 Å². The number of carbonyl (C=O) groups is 1. The topological polar surface area (TPSA) is 78.7 Å². The van der Waals surface area contributed by atoms with Gasteiger partial charge in [-0.05, 0) is 29.8 Å². The molecule has 0 bridgehead atoms. The quantitative estimate of drug-likeness (QED) is 0.595. The van der Waals surface area contributed by atoms with Gasteiger partial charge in [-0.2, -0.15) is 0 Å². The Morgan fingerprint density at radius 1 is 1.21 bits per heavy atom. The summed E-state index contributed by atoms with van der Waals surface area (Å²) in [6, 6.07) is 15.1. The van der Waals surface area contributed by atoms with E-state index in [1.807, 2.05) is 42.6 Å². The standard InChI is InChI=1S/C21H22N4O4/c1-27-18-5-3-4-17(12-18)25-10-11-29-20(25)19-14-24(23-22-19)13-15-6-8-16(9-7-15)21(26)28-2/h3-9,12,14,20H,10-11,13H2,1-2H3/t20-/m1/s1. The third kappa shape index (κ3) is 4.07. The maximum absolute atomic E-state index is 11.5. The maximum Gasteiger partial charge on any atom is 0.337 e. The fraction of sp³-hybridized carbons (Fsp3) is 0.286. The van der Waals surface area contributed by atoms with Crippen molar-refractivity contribution in [3.05, 3.63) is 71.5 Å². The molecule has 2 aromatic carbocycles. The number of rotatable bonds is 6. The van der Waals surface area contributed by atoms with Crippen molar-refractivity contribution in [2.45, 2.75) is 12.8 Å². The fourth-order valence-corrected chi connectivity index (χ4v) is 3.32. The fourth-order valence-electron chi connectivity index (χ4n) is 3.32. The number of anilines is 1. The highest BCUT2D eigenvalue weighted by molar-refractivity contribution is 5.89. The van der Waals surface area contributed by atoms with Crippen molar-refractivity contribution in [1.29, 1.82) is 0 Å². The van der Waals surface area contributed by atoms with Gasteiger partial charge in [-0.15, -0.1) is 5.10 Å². The van der Waals surface area contributed by atoms with E-state index >= 15 is 0 Å². The van der Waals surface area contributed by atoms with Gasteiger partial charge in [-0.25, -0.2) is 9.48 Å². The second-order valence-electron chi connectivity index (χ2n) is 6.65. The molecule has 0 spiro atoms. The Bertz CT molecular complexity index is 986. The van der Waals surface area contributed by atoms with Crippen LogP contribution in [-0.4, -0.2) is 48.3 Å². The van der Waals surface area contributed by atoms with Crippen LogP contribution < -0.4 is 9.64 Å². The summed E-state index contributed by atoms with van der Waals surface area (Å²) >= 11 is 0. The summed E-state index contributed by atoms with van der Waals surface area (Å²) in [4.78, 5) is 13.7. The van der Waals surface area contributed by atoms with E-state index in [4.69, 9.17) is 14.2 Å². The van der Waals surface area contributed by atoms with Crippen LogP contribution in [0.3, 0.4) is 0 Å². The number of hydrogen-bond acceptors (Lipinski definition) is 7. The van der Waals surface area contributed by atoms with E-state index in [2.05, 4.69) is 15.2 Å². The van der Waals surface area contributed by atoms with Crippen LogP contribution in [0.25, 0.3) is 0 Å². The lowest BCUT2D eigenvalue weighted by Gasteiger charge is -2.23. The first-order valence-corrected chi connectivity index (χ1v) is 9.27. The third-order valence-corrected chi connectivity index (χ3v) is 4.80. The Labute approximate surface area is 168 Å². The summed E-state index contributed by atoms with van der Waals surface area (Å²) in [6.07, 6.45) is 1.59. The van der Waals surface area contributed by atoms with Crippen LogP contribution in [0.2, 0.25) is 0 Å². The summed E-state index contributed by atoms with van der Waals surface area (Å²) in [6.45, 7) is 1.92. The number of hydrogen-bond donors (Lipinski definition) is 0. The maximum atomic E-state index is 11.5. The predicted octanol–water partition coefficient (Wildman–Crippen LogP) is 2.66. The molecular formula is C21H22N4O4. The molecule has 0 aliphatic carbocycles. The van der Waals surface area contributed by atoms with E-state index in [0.29, 0.717) is 18.7 Å². The SMILES string of the molecule is COC(=O)c1ccc(Cn2cc([C@H]3OCCN3c3cccc(OC)c3)nn2)cc1. The van der Waals surface area contributed by atoms with E-state index in [1.165, 1.54) is 7.11 Å². The molecule has 1 atom stereocenters. The number of ether oxygens (including phenoxy) is 3. The lowest BCUT2D eigenvalue weighted by molar-refractivity contribution is 0.0600. The summed E-state index contributed by atoms with van der Waals surface area (Å²) in [5.41, 5.74) is 3.28. The van der Waals surface area contributed by atoms with E-state index in [0.717, 1.165) is 29.2 Å². The van der Waals surface area contributed by atoms with Gasteiger partial charge in [0.25, 0.3) is 0 Å². The van der Waals surface area contributed by atoms with Gasteiger partial charge in [-0.3, -0.25) is 0 Å². The molecule has 8 nitrogen and oxygen atoms in total. The first-order valence-electron chi connectivity index (χ1n) is 9.27. The van der Waals surface area contributed by atoms with E-state index in [9.17, 15) is 4.79 Å². The molecule has 1 aromatic heterocycles. The first kappa shape index (κ1) is 18.9. The van der Waals surface area contributed by atoms with Gasteiger partial charge < -0.3 is 19.1 Å². The molecule has 0 unspecified atom stereocenters. The van der Waals surface area contributed by atoms with E-state index < -0.39 is 0 Å². The van der Waals surface area contributed by atoms with Crippen LogP contribution in [-0.2, 0) is 16.0 Å². The normalized spacial score (nSPS) is 16.1. The average molecular weight is 394 g/mol. The molecule has 1 fully saturated rings. The van der Waals surface area contributed by atoms with Crippen LogP contribution in [0.4, 0.5) is 5.69 Å². The molecule has 2 heterocycles. The second-order valence-corrected chi connectivity index (χ2v) is 6.65. The zero-order chi connectivity index (χ0) is 20.2. The van der Waals surface area contributed by atoms with Gasteiger partial charge in [0, 0.05) is 18.3 Å². The molecule has 1 aliphatic rings. The molecule has 4 rings (SSSR count). The molecule has 0 radical (unpaired) electrons. The Morgan fingerprint density at radius 2 is 2.03 bits per heavy atom. The Kier molecular flexibility index (Phi) is 5.44. The number of nitrogens with zero attached hydrogens (tertiary/aromatic N) is 4. The van der Waals surface area contributed by atoms with Crippen molar-refractivity contribution in [3.63, 3.8) is 0 Å². The minimum absolute atomic E-state index is 0.294. The average Bonchev–Trinajstić information content (AvgIpc) is 3.43. The predicted molar refractivity (Wildman–Crippen MR) is 106 cm³/mol. The van der Waals surface area contributed by atoms with Gasteiger partial charge >= 0.3 is 5.97 Å². The molecule has 1 saturated heterocycles. The van der Waals surface area contributed by atoms with Crippen molar-refractivity contribution in [2.75, 3.05) is 32.3 Å². The van der Waals surface area contributed by atoms with Crippen LogP contribution in [0.15, 0.2) is 54.7 Å². The number of methoxy groups -OCH3 is 2. The number of carbonyl (C=O) groups excluding carboxylic acids is 1. The summed E-state index contributed by atoms with van der Waals surface area (Å²) in [5.74, 6) is 0.447. The van der Waals surface area contributed by atoms with Gasteiger partial charge in [-0.1, -0.05) is 23.4 Å². The summed E-state index contributed by atoms with van der Waals surface area (Å²) in [7, 11) is 3.02. The lowest BCUT2D eigenvalue weighted by atomic mass is 10.1. The molecule has 29 heavy (non-hydrogen) atoms. The van der Waals surface area contributed by atoms with Crippen LogP contribution >= 0.6 is 0 Å². The van der Waals surface area contributed by atoms with Crippen molar-refractivity contribution in [1.82, 2.24) is 15.0 Å². The van der Waals surface area contributed by atoms with Gasteiger partial charge in [0.2, 0.25) is 0 Å². The zero-order valence-electron chi connectivity index (χ0n) is 16.3. The molecule has 0 N–H and O–H groups in total. The van der Waals surface area contributed by atoms with Crippen LogP contribution in [0, 0.1) is 0 Å². The van der Waals surface area contributed by atoms with Gasteiger partial charge in [0.1, 0.15) is 11.4 Å².